The molecule has 5 heterocycles. The molecular weight excluding hydrogens is 1090 g/mol. The topological polar surface area (TPSA) is 283 Å². The number of cyclic esters (lactones) is 1. The van der Waals surface area contributed by atoms with Crippen molar-refractivity contribution in [2.45, 2.75) is 122 Å². The summed E-state index contributed by atoms with van der Waals surface area (Å²) in [5, 5.41) is 23.5. The van der Waals surface area contributed by atoms with E-state index in [1.807, 2.05) is 34.6 Å². The fourth-order valence-corrected chi connectivity index (χ4v) is 10.8. The number of halogens is 1. The number of aliphatic hydroxyl groups excluding tert-OH is 1. The molecule has 1 aliphatic carbocycles. The fourth-order valence-electron chi connectivity index (χ4n) is 10.5. The molecule has 83 heavy (non-hydrogen) atoms. The molecule has 1 saturated heterocycles. The number of anilines is 1. The molecule has 0 saturated carbocycles. The van der Waals surface area contributed by atoms with Gasteiger partial charge in [0.05, 0.1) is 79.4 Å². The standard InChI is InChI=1S/C56H59FN8O13S.2C2H6/c1-30-34-15-16-56(2,49-36-26-64-41(50(36)63-39(48(34)49)21-38(30)57)20-35-37(53(64)73)27-78-55(75)51(35)71)28-76-17-18-77-29-61-45(68)24-60-52(72)40(19-32-7-4-3-5-8-32)62-46(69)25-59-44(67)23-58-43(66)10-6-9-31-11-13-33(14-12-31)65-47(70)22-42(79)54(65)74;2*1-2/h3-5,7-8,11-14,20-21,40,42,51,71,79H,6,9-10,15-19,22-29H2,1-2H3,(H,58,66)(H,59,67)(H,60,72)(H,61,68)(H,62,69);2*1-2H3. The minimum Gasteiger partial charge on any atom is -0.458 e. The number of rotatable bonds is 22. The van der Waals surface area contributed by atoms with Crippen LogP contribution in [0.1, 0.15) is 111 Å². The summed E-state index contributed by atoms with van der Waals surface area (Å²) in [5.74, 6) is -4.87. The van der Waals surface area contributed by atoms with Crippen molar-refractivity contribution in [2.75, 3.05) is 51.1 Å². The number of imide groups is 1. The second kappa shape index (κ2) is 28.4. The van der Waals surface area contributed by atoms with Crippen molar-refractivity contribution >= 4 is 76.5 Å². The number of benzene rings is 3. The number of aryl methyl sites for hydroxylation is 2. The van der Waals surface area contributed by atoms with E-state index in [9.17, 15) is 48.3 Å². The molecule has 4 aliphatic rings. The molecule has 6 N–H and O–H groups in total. The molecule has 2 aromatic heterocycles. The summed E-state index contributed by atoms with van der Waals surface area (Å²) in [4.78, 5) is 121. The van der Waals surface area contributed by atoms with Gasteiger partial charge in [0.2, 0.25) is 41.4 Å². The Morgan fingerprint density at radius 3 is 2.23 bits per heavy atom. The number of fused-ring (bicyclic) bond motifs is 5. The van der Waals surface area contributed by atoms with Crippen molar-refractivity contribution in [1.82, 2.24) is 36.1 Å². The molecule has 23 heteroatoms. The normalized spacial score (nSPS) is 17.6. The van der Waals surface area contributed by atoms with Crippen LogP contribution < -0.4 is 37.0 Å². The molecule has 1 fully saturated rings. The first-order valence-electron chi connectivity index (χ1n) is 27.9. The van der Waals surface area contributed by atoms with Gasteiger partial charge >= 0.3 is 5.97 Å². The van der Waals surface area contributed by atoms with Gasteiger partial charge in [-0.15, -0.1) is 0 Å². The lowest BCUT2D eigenvalue weighted by molar-refractivity contribution is -0.157. The number of carbonyl (C=O) groups excluding carboxylic acids is 8. The minimum absolute atomic E-state index is 0.0432. The Balaban J connectivity index is 0.00000242. The van der Waals surface area contributed by atoms with E-state index >= 15 is 4.39 Å². The maximum atomic E-state index is 15.4. The quantitative estimate of drug-likeness (QED) is 0.0167. The summed E-state index contributed by atoms with van der Waals surface area (Å²) >= 11 is 4.15. The van der Waals surface area contributed by atoms with Crippen LogP contribution in [-0.4, -0.2) is 119 Å². The average molecular weight is 1160 g/mol. The summed E-state index contributed by atoms with van der Waals surface area (Å²) in [5.41, 5.74) is 5.68. The van der Waals surface area contributed by atoms with Gasteiger partial charge < -0.3 is 50.5 Å². The Hall–Kier alpha value is -7.86. The highest BCUT2D eigenvalue weighted by atomic mass is 32.1. The van der Waals surface area contributed by atoms with Crippen LogP contribution in [0, 0.1) is 12.7 Å². The molecule has 21 nitrogen and oxygen atoms in total. The first-order chi connectivity index (χ1) is 39.9. The zero-order valence-corrected chi connectivity index (χ0v) is 48.3. The molecule has 9 rings (SSSR count). The SMILES string of the molecule is CC.CC.Cc1c(F)cc2nc3c(c4c2c1CCC4(C)COCCOCNC(=O)CNC(=O)C(Cc1ccccc1)NC(=O)CNC(=O)CNC(=O)CCCc1ccc(N2C(=O)CC(S)C2=O)cc1)Cn1c-3cc2c(c1=O)COC(=O)C2O. The van der Waals surface area contributed by atoms with Gasteiger partial charge in [-0.05, 0) is 78.6 Å². The Morgan fingerprint density at radius 2 is 1.52 bits per heavy atom. The van der Waals surface area contributed by atoms with Crippen LogP contribution in [0.25, 0.3) is 22.3 Å². The van der Waals surface area contributed by atoms with E-state index in [4.69, 9.17) is 19.2 Å². The monoisotopic (exact) mass is 1160 g/mol. The van der Waals surface area contributed by atoms with Gasteiger partial charge in [-0.3, -0.25) is 38.4 Å². The highest BCUT2D eigenvalue weighted by molar-refractivity contribution is 7.82. The van der Waals surface area contributed by atoms with Gasteiger partial charge in [-0.1, -0.05) is 77.1 Å². The smallest absolute Gasteiger partial charge is 0.340 e. The lowest BCUT2D eigenvalue weighted by Crippen LogP contribution is -2.52. The number of esters is 1. The van der Waals surface area contributed by atoms with Crippen LogP contribution in [0.15, 0.2) is 71.5 Å². The molecule has 442 valence electrons. The summed E-state index contributed by atoms with van der Waals surface area (Å²) in [6.45, 7) is 10.6. The van der Waals surface area contributed by atoms with E-state index in [1.54, 1.807) is 72.2 Å². The number of thiol groups is 1. The maximum absolute atomic E-state index is 15.4. The summed E-state index contributed by atoms with van der Waals surface area (Å²) in [6, 6.07) is 17.6. The van der Waals surface area contributed by atoms with Crippen molar-refractivity contribution in [3.05, 3.63) is 127 Å². The number of ether oxygens (including phenoxy) is 3. The first-order valence-corrected chi connectivity index (χ1v) is 28.4. The number of hydrogen-bond donors (Lipinski definition) is 7. The van der Waals surface area contributed by atoms with E-state index < -0.39 is 76.9 Å². The first kappa shape index (κ1) is 62.7. The Kier molecular flexibility index (Phi) is 21.5. The second-order valence-electron chi connectivity index (χ2n) is 20.2. The van der Waals surface area contributed by atoms with Gasteiger partial charge in [-0.2, -0.15) is 12.6 Å². The van der Waals surface area contributed by atoms with Crippen LogP contribution in [0.4, 0.5) is 10.1 Å². The van der Waals surface area contributed by atoms with Crippen LogP contribution in [0.2, 0.25) is 0 Å². The second-order valence-corrected chi connectivity index (χ2v) is 20.8. The third-order valence-electron chi connectivity index (χ3n) is 14.7. The zero-order chi connectivity index (χ0) is 60.1. The van der Waals surface area contributed by atoms with Crippen molar-refractivity contribution in [1.29, 1.82) is 0 Å². The maximum Gasteiger partial charge on any atom is 0.340 e. The van der Waals surface area contributed by atoms with E-state index in [0.29, 0.717) is 53.8 Å². The zero-order valence-electron chi connectivity index (χ0n) is 47.4. The number of nitrogens with zero attached hydrogens (tertiary/aromatic N) is 3. The number of nitrogens with one attached hydrogen (secondary N) is 5. The Morgan fingerprint density at radius 1 is 0.843 bits per heavy atom. The van der Waals surface area contributed by atoms with Gasteiger partial charge in [0, 0.05) is 47.3 Å². The van der Waals surface area contributed by atoms with Crippen molar-refractivity contribution in [2.24, 2.45) is 0 Å². The van der Waals surface area contributed by atoms with Gasteiger partial charge in [0.25, 0.3) is 5.56 Å². The summed E-state index contributed by atoms with van der Waals surface area (Å²) < 4.78 is 33.8. The Labute approximate surface area is 485 Å². The number of carbonyl (C=O) groups is 8. The summed E-state index contributed by atoms with van der Waals surface area (Å²) in [7, 11) is 0. The number of pyridine rings is 2. The third-order valence-corrected chi connectivity index (χ3v) is 15.1. The van der Waals surface area contributed by atoms with Crippen LogP contribution in [-0.2, 0) is 90.4 Å². The van der Waals surface area contributed by atoms with E-state index in [1.165, 1.54) is 6.07 Å². The number of amides is 7. The molecule has 3 aliphatic heterocycles. The number of aliphatic hydroxyl groups is 1. The molecule has 3 aromatic carbocycles. The largest absolute Gasteiger partial charge is 0.458 e. The molecule has 0 spiro atoms. The van der Waals surface area contributed by atoms with Gasteiger partial charge in [0.15, 0.2) is 6.10 Å². The van der Waals surface area contributed by atoms with Crippen LogP contribution >= 0.6 is 12.6 Å². The molecule has 0 bridgehead atoms. The molecule has 0 radical (unpaired) electrons. The molecule has 7 amide bonds. The van der Waals surface area contributed by atoms with E-state index in [2.05, 4.69) is 39.2 Å². The predicted molar refractivity (Wildman–Crippen MR) is 309 cm³/mol. The number of hydrogen-bond acceptors (Lipinski definition) is 15. The molecule has 4 unspecified atom stereocenters. The lowest BCUT2D eigenvalue weighted by atomic mass is 9.69. The highest BCUT2D eigenvalue weighted by Crippen LogP contribution is 2.48. The van der Waals surface area contributed by atoms with Crippen molar-refractivity contribution < 1.29 is 62.1 Å². The minimum atomic E-state index is -1.62. The van der Waals surface area contributed by atoms with Gasteiger partial charge in [0.1, 0.15) is 25.2 Å². The lowest BCUT2D eigenvalue weighted by Gasteiger charge is -2.37. The summed E-state index contributed by atoms with van der Waals surface area (Å²) in [6.07, 6.45) is 0.731. The van der Waals surface area contributed by atoms with Crippen molar-refractivity contribution in [3.8, 4) is 11.4 Å². The third kappa shape index (κ3) is 14.5. The highest BCUT2D eigenvalue weighted by Gasteiger charge is 2.42. The fraction of sp³-hybridized carbons (Fsp3) is 0.433. The number of aromatic nitrogens is 2. The molecular formula is C60H71FN8O13S. The van der Waals surface area contributed by atoms with E-state index in [0.717, 1.165) is 38.1 Å². The van der Waals surface area contributed by atoms with Crippen LogP contribution in [0.5, 0.6) is 0 Å². The molecule has 4 atom stereocenters. The predicted octanol–water partition coefficient (Wildman–Crippen LogP) is 3.99. The molecule has 5 aromatic rings. The van der Waals surface area contributed by atoms with Crippen LogP contribution in [0.3, 0.4) is 0 Å². The van der Waals surface area contributed by atoms with E-state index in [-0.39, 0.29) is 94.4 Å². The Bertz CT molecular complexity index is 3340. The average Bonchev–Trinajstić information content (AvgIpc) is 1.89. The van der Waals surface area contributed by atoms with Crippen molar-refractivity contribution in [3.63, 3.8) is 0 Å². The van der Waals surface area contributed by atoms with Gasteiger partial charge in [-0.25, -0.2) is 19.1 Å².